The van der Waals surface area contributed by atoms with Gasteiger partial charge in [-0.05, 0) is 23.8 Å². The largest absolute Gasteiger partial charge is 0.493 e. The van der Waals surface area contributed by atoms with Gasteiger partial charge in [0.15, 0.2) is 5.78 Å². The number of Topliss-reactive ketones (excluding diaryl/α,β-unsaturated/α-hetero) is 1. The first-order chi connectivity index (χ1) is 8.74. The minimum Gasteiger partial charge on any atom is -0.493 e. The van der Waals surface area contributed by atoms with Crippen LogP contribution in [0.3, 0.4) is 0 Å². The van der Waals surface area contributed by atoms with E-state index in [4.69, 9.17) is 4.74 Å². The highest BCUT2D eigenvalue weighted by molar-refractivity contribution is 5.97. The average Bonchev–Trinajstić information content (AvgIpc) is 2.98. The molecule has 5 heteroatoms. The Labute approximate surface area is 104 Å². The zero-order valence-electron chi connectivity index (χ0n) is 10.1. The van der Waals surface area contributed by atoms with Crippen molar-refractivity contribution in [2.75, 3.05) is 6.61 Å². The maximum atomic E-state index is 12.1. The smallest absolute Gasteiger partial charge is 0.170 e. The number of aryl methyl sites for hydroxylation is 1. The number of fused-ring (bicyclic) bond motifs is 1. The molecule has 1 aliphatic rings. The lowest BCUT2D eigenvalue weighted by Gasteiger charge is -2.03. The standard InChI is InChI=1S/C13H13N3O2/c1-16-13(14-8-15-16)7-11(17)9-2-3-12-10(6-9)4-5-18-12/h2-3,6,8H,4-5,7H2,1H3. The summed E-state index contributed by atoms with van der Waals surface area (Å²) < 4.78 is 7.04. The first kappa shape index (κ1) is 11.0. The molecule has 0 saturated heterocycles. The van der Waals surface area contributed by atoms with Gasteiger partial charge in [-0.2, -0.15) is 5.10 Å². The number of ether oxygens (including phenoxy) is 1. The van der Waals surface area contributed by atoms with E-state index in [0.29, 0.717) is 18.0 Å². The van der Waals surface area contributed by atoms with E-state index < -0.39 is 0 Å². The Morgan fingerprint density at radius 1 is 1.50 bits per heavy atom. The van der Waals surface area contributed by atoms with Crippen LogP contribution in [0.1, 0.15) is 21.7 Å². The molecule has 5 nitrogen and oxygen atoms in total. The van der Waals surface area contributed by atoms with Gasteiger partial charge >= 0.3 is 0 Å². The molecule has 0 bridgehead atoms. The van der Waals surface area contributed by atoms with Crippen molar-refractivity contribution in [3.8, 4) is 5.75 Å². The summed E-state index contributed by atoms with van der Waals surface area (Å²) in [5.74, 6) is 1.63. The van der Waals surface area contributed by atoms with Crippen molar-refractivity contribution in [3.05, 3.63) is 41.5 Å². The van der Waals surface area contributed by atoms with Crippen LogP contribution < -0.4 is 4.74 Å². The number of carbonyl (C=O) groups excluding carboxylic acids is 1. The van der Waals surface area contributed by atoms with Crippen LogP contribution in [0.4, 0.5) is 0 Å². The Morgan fingerprint density at radius 2 is 2.39 bits per heavy atom. The Kier molecular flexibility index (Phi) is 2.59. The van der Waals surface area contributed by atoms with Gasteiger partial charge in [-0.1, -0.05) is 0 Å². The van der Waals surface area contributed by atoms with Crippen LogP contribution >= 0.6 is 0 Å². The van der Waals surface area contributed by atoms with E-state index in [1.165, 1.54) is 6.33 Å². The van der Waals surface area contributed by atoms with Crippen LogP contribution in [0.2, 0.25) is 0 Å². The zero-order valence-corrected chi connectivity index (χ0v) is 10.1. The maximum Gasteiger partial charge on any atom is 0.170 e. The van der Waals surface area contributed by atoms with Gasteiger partial charge in [0.25, 0.3) is 0 Å². The highest BCUT2D eigenvalue weighted by atomic mass is 16.5. The van der Waals surface area contributed by atoms with Crippen molar-refractivity contribution >= 4 is 5.78 Å². The molecule has 0 spiro atoms. The Hall–Kier alpha value is -2.17. The highest BCUT2D eigenvalue weighted by Crippen LogP contribution is 2.26. The van der Waals surface area contributed by atoms with Gasteiger partial charge in [0.1, 0.15) is 17.9 Å². The van der Waals surface area contributed by atoms with Gasteiger partial charge < -0.3 is 4.74 Å². The molecule has 2 heterocycles. The Balaban J connectivity index is 1.83. The summed E-state index contributed by atoms with van der Waals surface area (Å²) in [5.41, 5.74) is 1.82. The second kappa shape index (κ2) is 4.25. The van der Waals surface area contributed by atoms with Crippen molar-refractivity contribution in [3.63, 3.8) is 0 Å². The summed E-state index contributed by atoms with van der Waals surface area (Å²) in [5, 5.41) is 3.95. The highest BCUT2D eigenvalue weighted by Gasteiger charge is 2.16. The lowest BCUT2D eigenvalue weighted by molar-refractivity contribution is 0.0989. The molecule has 0 unspecified atom stereocenters. The van der Waals surface area contributed by atoms with E-state index in [1.54, 1.807) is 11.7 Å². The van der Waals surface area contributed by atoms with Crippen molar-refractivity contribution in [2.45, 2.75) is 12.8 Å². The quantitative estimate of drug-likeness (QED) is 0.759. The Morgan fingerprint density at radius 3 is 3.17 bits per heavy atom. The molecule has 3 rings (SSSR count). The van der Waals surface area contributed by atoms with Crippen molar-refractivity contribution < 1.29 is 9.53 Å². The lowest BCUT2D eigenvalue weighted by Crippen LogP contribution is -2.09. The first-order valence-corrected chi connectivity index (χ1v) is 5.86. The molecule has 1 aromatic carbocycles. The predicted octanol–water partition coefficient (Wildman–Crippen LogP) is 1.18. The number of hydrogen-bond acceptors (Lipinski definition) is 4. The van der Waals surface area contributed by atoms with Crippen LogP contribution in [0.5, 0.6) is 5.75 Å². The van der Waals surface area contributed by atoms with Gasteiger partial charge in [0.2, 0.25) is 0 Å². The van der Waals surface area contributed by atoms with E-state index in [2.05, 4.69) is 10.1 Å². The number of rotatable bonds is 3. The summed E-state index contributed by atoms with van der Waals surface area (Å²) in [6.45, 7) is 0.705. The topological polar surface area (TPSA) is 57.0 Å². The van der Waals surface area contributed by atoms with Gasteiger partial charge in [-0.15, -0.1) is 0 Å². The summed E-state index contributed by atoms with van der Waals surface area (Å²) >= 11 is 0. The molecule has 0 fully saturated rings. The molecule has 18 heavy (non-hydrogen) atoms. The van der Waals surface area contributed by atoms with Crippen molar-refractivity contribution in [2.24, 2.45) is 7.05 Å². The Bertz CT molecular complexity index is 604. The van der Waals surface area contributed by atoms with E-state index in [-0.39, 0.29) is 12.2 Å². The molecule has 1 aromatic heterocycles. The summed E-state index contributed by atoms with van der Waals surface area (Å²) in [6.07, 6.45) is 2.61. The first-order valence-electron chi connectivity index (χ1n) is 5.86. The third-order valence-electron chi connectivity index (χ3n) is 3.14. The SMILES string of the molecule is Cn1ncnc1CC(=O)c1ccc2c(c1)CCO2. The monoisotopic (exact) mass is 243 g/mol. The second-order valence-corrected chi connectivity index (χ2v) is 4.32. The molecule has 0 saturated carbocycles. The third kappa shape index (κ3) is 1.88. The van der Waals surface area contributed by atoms with E-state index in [9.17, 15) is 4.79 Å². The molecule has 92 valence electrons. The van der Waals surface area contributed by atoms with Gasteiger partial charge in [0, 0.05) is 19.0 Å². The van der Waals surface area contributed by atoms with Gasteiger partial charge in [-0.3, -0.25) is 9.48 Å². The molecule has 0 radical (unpaired) electrons. The molecular formula is C13H13N3O2. The number of aromatic nitrogens is 3. The maximum absolute atomic E-state index is 12.1. The normalized spacial score (nSPS) is 13.2. The van der Waals surface area contributed by atoms with Crippen LogP contribution in [-0.2, 0) is 19.9 Å². The summed E-state index contributed by atoms with van der Waals surface area (Å²) in [6, 6.07) is 5.59. The fourth-order valence-corrected chi connectivity index (χ4v) is 2.09. The van der Waals surface area contributed by atoms with Crippen LogP contribution in [0, 0.1) is 0 Å². The van der Waals surface area contributed by atoms with Crippen LogP contribution in [-0.4, -0.2) is 27.2 Å². The van der Waals surface area contributed by atoms with E-state index in [0.717, 1.165) is 17.7 Å². The molecule has 0 amide bonds. The van der Waals surface area contributed by atoms with Crippen LogP contribution in [0.15, 0.2) is 24.5 Å². The second-order valence-electron chi connectivity index (χ2n) is 4.32. The number of benzene rings is 1. The minimum absolute atomic E-state index is 0.0563. The molecule has 0 N–H and O–H groups in total. The minimum atomic E-state index is 0.0563. The molecular weight excluding hydrogens is 230 g/mol. The number of nitrogens with zero attached hydrogens (tertiary/aromatic N) is 3. The van der Waals surface area contributed by atoms with E-state index >= 15 is 0 Å². The summed E-state index contributed by atoms with van der Waals surface area (Å²) in [7, 11) is 1.78. The molecule has 2 aromatic rings. The summed E-state index contributed by atoms with van der Waals surface area (Å²) in [4.78, 5) is 16.2. The van der Waals surface area contributed by atoms with Crippen LogP contribution in [0.25, 0.3) is 0 Å². The van der Waals surface area contributed by atoms with Crippen molar-refractivity contribution in [1.29, 1.82) is 0 Å². The molecule has 0 atom stereocenters. The zero-order chi connectivity index (χ0) is 12.5. The van der Waals surface area contributed by atoms with Crippen molar-refractivity contribution in [1.82, 2.24) is 14.8 Å². The average molecular weight is 243 g/mol. The van der Waals surface area contributed by atoms with Gasteiger partial charge in [0.05, 0.1) is 13.0 Å². The number of hydrogen-bond donors (Lipinski definition) is 0. The van der Waals surface area contributed by atoms with Gasteiger partial charge in [-0.25, -0.2) is 4.98 Å². The van der Waals surface area contributed by atoms with E-state index in [1.807, 2.05) is 18.2 Å². The number of ketones is 1. The number of carbonyl (C=O) groups is 1. The molecule has 1 aliphatic heterocycles. The predicted molar refractivity (Wildman–Crippen MR) is 64.7 cm³/mol. The third-order valence-corrected chi connectivity index (χ3v) is 3.14. The fourth-order valence-electron chi connectivity index (χ4n) is 2.09. The lowest BCUT2D eigenvalue weighted by atomic mass is 10.0. The molecule has 0 aliphatic carbocycles. The fraction of sp³-hybridized carbons (Fsp3) is 0.308.